The van der Waals surface area contributed by atoms with Gasteiger partial charge in [-0.05, 0) is 31.5 Å². The lowest BCUT2D eigenvalue weighted by Gasteiger charge is -2.19. The third-order valence-electron chi connectivity index (χ3n) is 3.45. The minimum Gasteiger partial charge on any atom is -0.363 e. The maximum atomic E-state index is 4.52. The summed E-state index contributed by atoms with van der Waals surface area (Å²) < 4.78 is 0. The lowest BCUT2D eigenvalue weighted by atomic mass is 10.2. The Labute approximate surface area is 132 Å². The lowest BCUT2D eigenvalue weighted by Crippen LogP contribution is -2.22. The van der Waals surface area contributed by atoms with Crippen LogP contribution in [-0.4, -0.2) is 42.1 Å². The van der Waals surface area contributed by atoms with Crippen molar-refractivity contribution >= 4 is 17.6 Å². The third kappa shape index (κ3) is 4.07. The van der Waals surface area contributed by atoms with Gasteiger partial charge in [0.15, 0.2) is 0 Å². The number of nitrogens with zero attached hydrogens (tertiary/aromatic N) is 5. The monoisotopic (exact) mass is 300 g/mol. The third-order valence-corrected chi connectivity index (χ3v) is 3.45. The molecule has 0 aliphatic heterocycles. The zero-order chi connectivity index (χ0) is 15.9. The molecule has 0 bridgehead atoms. The quantitative estimate of drug-likeness (QED) is 0.847. The summed E-state index contributed by atoms with van der Waals surface area (Å²) in [5.74, 6) is 2.52. The van der Waals surface area contributed by atoms with E-state index in [1.165, 1.54) is 0 Å². The summed E-state index contributed by atoms with van der Waals surface area (Å²) in [4.78, 5) is 17.4. The molecule has 0 aromatic carbocycles. The van der Waals surface area contributed by atoms with Crippen LogP contribution in [0.2, 0.25) is 0 Å². The minimum absolute atomic E-state index is 0.624. The van der Waals surface area contributed by atoms with Crippen molar-refractivity contribution < 1.29 is 0 Å². The second-order valence-corrected chi connectivity index (χ2v) is 5.18. The van der Waals surface area contributed by atoms with E-state index in [1.807, 2.05) is 31.3 Å². The fourth-order valence-corrected chi connectivity index (χ4v) is 2.12. The van der Waals surface area contributed by atoms with E-state index in [0.717, 1.165) is 30.3 Å². The van der Waals surface area contributed by atoms with Gasteiger partial charge in [-0.3, -0.25) is 0 Å². The van der Waals surface area contributed by atoms with E-state index in [0.29, 0.717) is 12.5 Å². The molecule has 0 atom stereocenters. The summed E-state index contributed by atoms with van der Waals surface area (Å²) in [5, 5.41) is 3.23. The Kier molecular flexibility index (Phi) is 5.52. The van der Waals surface area contributed by atoms with Crippen molar-refractivity contribution in [3.63, 3.8) is 0 Å². The van der Waals surface area contributed by atoms with Gasteiger partial charge in [-0.25, -0.2) is 9.97 Å². The standard InChI is InChI=1S/C16H24N6/c1-5-22(6-2)14-8-7-13(11-18-14)12-19-16-17-10-9-15(20-16)21(3)4/h7-11H,5-6,12H2,1-4H3,(H,17,19,20). The fraction of sp³-hybridized carbons (Fsp3) is 0.438. The number of pyridine rings is 1. The van der Waals surface area contributed by atoms with Crippen LogP contribution >= 0.6 is 0 Å². The van der Waals surface area contributed by atoms with Crippen LogP contribution in [0.15, 0.2) is 30.6 Å². The van der Waals surface area contributed by atoms with Gasteiger partial charge in [-0.15, -0.1) is 0 Å². The number of rotatable bonds is 7. The molecule has 0 saturated heterocycles. The topological polar surface area (TPSA) is 57.2 Å². The zero-order valence-corrected chi connectivity index (χ0v) is 13.7. The van der Waals surface area contributed by atoms with E-state index < -0.39 is 0 Å². The first-order chi connectivity index (χ1) is 10.6. The van der Waals surface area contributed by atoms with Crippen molar-refractivity contribution in [1.82, 2.24) is 15.0 Å². The predicted molar refractivity (Wildman–Crippen MR) is 91.5 cm³/mol. The molecule has 2 aromatic rings. The predicted octanol–water partition coefficient (Wildman–Crippen LogP) is 2.40. The van der Waals surface area contributed by atoms with Crippen molar-refractivity contribution in [2.75, 3.05) is 42.3 Å². The minimum atomic E-state index is 0.624. The highest BCUT2D eigenvalue weighted by atomic mass is 15.2. The molecule has 0 unspecified atom stereocenters. The molecule has 2 heterocycles. The van der Waals surface area contributed by atoms with E-state index >= 15 is 0 Å². The molecule has 0 radical (unpaired) electrons. The van der Waals surface area contributed by atoms with Gasteiger partial charge < -0.3 is 15.1 Å². The summed E-state index contributed by atoms with van der Waals surface area (Å²) >= 11 is 0. The average molecular weight is 300 g/mol. The molecule has 0 aliphatic rings. The van der Waals surface area contributed by atoms with Crippen LogP contribution in [0.5, 0.6) is 0 Å². The van der Waals surface area contributed by atoms with Crippen molar-refractivity contribution in [2.24, 2.45) is 0 Å². The molecule has 0 saturated carbocycles. The van der Waals surface area contributed by atoms with Gasteiger partial charge in [0.25, 0.3) is 0 Å². The van der Waals surface area contributed by atoms with Crippen LogP contribution in [-0.2, 0) is 6.54 Å². The number of nitrogens with one attached hydrogen (secondary N) is 1. The molecule has 22 heavy (non-hydrogen) atoms. The van der Waals surface area contributed by atoms with Gasteiger partial charge in [0.1, 0.15) is 11.6 Å². The molecule has 2 aromatic heterocycles. The summed E-state index contributed by atoms with van der Waals surface area (Å²) in [7, 11) is 3.92. The molecule has 0 aliphatic carbocycles. The maximum absolute atomic E-state index is 4.52. The van der Waals surface area contributed by atoms with E-state index in [4.69, 9.17) is 0 Å². The smallest absolute Gasteiger partial charge is 0.224 e. The molecule has 2 rings (SSSR count). The molecule has 0 amide bonds. The van der Waals surface area contributed by atoms with Gasteiger partial charge in [-0.1, -0.05) is 6.07 Å². The molecule has 0 spiro atoms. The Morgan fingerprint density at radius 3 is 2.36 bits per heavy atom. The Balaban J connectivity index is 1.98. The van der Waals surface area contributed by atoms with Crippen molar-refractivity contribution in [1.29, 1.82) is 0 Å². The van der Waals surface area contributed by atoms with Gasteiger partial charge in [0.2, 0.25) is 5.95 Å². The Morgan fingerprint density at radius 1 is 1.00 bits per heavy atom. The molecule has 118 valence electrons. The first kappa shape index (κ1) is 16.0. The molecule has 6 heteroatoms. The van der Waals surface area contributed by atoms with Gasteiger partial charge in [-0.2, -0.15) is 4.98 Å². The molecular weight excluding hydrogens is 276 g/mol. The SMILES string of the molecule is CCN(CC)c1ccc(CNc2nccc(N(C)C)n2)cn1. The lowest BCUT2D eigenvalue weighted by molar-refractivity contribution is 0.844. The second-order valence-electron chi connectivity index (χ2n) is 5.18. The number of hydrogen-bond acceptors (Lipinski definition) is 6. The highest BCUT2D eigenvalue weighted by molar-refractivity contribution is 5.42. The van der Waals surface area contributed by atoms with Crippen molar-refractivity contribution in [3.8, 4) is 0 Å². The van der Waals surface area contributed by atoms with Gasteiger partial charge >= 0.3 is 0 Å². The Bertz CT molecular complexity index is 577. The summed E-state index contributed by atoms with van der Waals surface area (Å²) in [6, 6.07) is 6.02. The molecule has 6 nitrogen and oxygen atoms in total. The second kappa shape index (κ2) is 7.59. The number of anilines is 3. The van der Waals surface area contributed by atoms with E-state index in [2.05, 4.69) is 51.1 Å². The van der Waals surface area contributed by atoms with Crippen LogP contribution in [0.4, 0.5) is 17.6 Å². The largest absolute Gasteiger partial charge is 0.363 e. The van der Waals surface area contributed by atoms with Crippen molar-refractivity contribution in [2.45, 2.75) is 20.4 Å². The molecular formula is C16H24N6. The van der Waals surface area contributed by atoms with Crippen LogP contribution in [0.25, 0.3) is 0 Å². The van der Waals surface area contributed by atoms with E-state index in [9.17, 15) is 0 Å². The fourth-order valence-electron chi connectivity index (χ4n) is 2.12. The highest BCUT2D eigenvalue weighted by Gasteiger charge is 2.04. The zero-order valence-electron chi connectivity index (χ0n) is 13.7. The van der Waals surface area contributed by atoms with E-state index in [1.54, 1.807) is 6.20 Å². The molecule has 1 N–H and O–H groups in total. The summed E-state index contributed by atoms with van der Waals surface area (Å²) in [5.41, 5.74) is 1.11. The molecule has 0 fully saturated rings. The van der Waals surface area contributed by atoms with Crippen LogP contribution in [0.1, 0.15) is 19.4 Å². The van der Waals surface area contributed by atoms with Crippen molar-refractivity contribution in [3.05, 3.63) is 36.2 Å². The van der Waals surface area contributed by atoms with Crippen LogP contribution < -0.4 is 15.1 Å². The van der Waals surface area contributed by atoms with Crippen LogP contribution in [0, 0.1) is 0 Å². The first-order valence-corrected chi connectivity index (χ1v) is 7.58. The first-order valence-electron chi connectivity index (χ1n) is 7.58. The Hall–Kier alpha value is -2.37. The normalized spacial score (nSPS) is 10.4. The summed E-state index contributed by atoms with van der Waals surface area (Å²) in [6.07, 6.45) is 3.66. The Morgan fingerprint density at radius 2 is 1.77 bits per heavy atom. The van der Waals surface area contributed by atoms with E-state index in [-0.39, 0.29) is 0 Å². The average Bonchev–Trinajstić information content (AvgIpc) is 2.55. The van der Waals surface area contributed by atoms with Gasteiger partial charge in [0.05, 0.1) is 0 Å². The van der Waals surface area contributed by atoms with Gasteiger partial charge in [0, 0.05) is 46.1 Å². The number of aromatic nitrogens is 3. The van der Waals surface area contributed by atoms with Crippen LogP contribution in [0.3, 0.4) is 0 Å². The number of hydrogen-bond donors (Lipinski definition) is 1. The maximum Gasteiger partial charge on any atom is 0.224 e. The summed E-state index contributed by atoms with van der Waals surface area (Å²) in [6.45, 7) is 6.85. The highest BCUT2D eigenvalue weighted by Crippen LogP contribution is 2.13.